The zero-order valence-electron chi connectivity index (χ0n) is 7.96. The van der Waals surface area contributed by atoms with Gasteiger partial charge in [-0.2, -0.15) is 0 Å². The molecule has 2 N–H and O–H groups in total. The summed E-state index contributed by atoms with van der Waals surface area (Å²) in [6.45, 7) is 2.14. The third kappa shape index (κ3) is 1.70. The van der Waals surface area contributed by atoms with Crippen LogP contribution in [0, 0.1) is 0 Å². The van der Waals surface area contributed by atoms with Gasteiger partial charge in [0.05, 0.1) is 11.4 Å². The fourth-order valence-electron chi connectivity index (χ4n) is 1.20. The van der Waals surface area contributed by atoms with Crippen LogP contribution in [0.3, 0.4) is 0 Å². The molecule has 0 fully saturated rings. The van der Waals surface area contributed by atoms with Gasteiger partial charge in [0.1, 0.15) is 0 Å². The summed E-state index contributed by atoms with van der Waals surface area (Å²) in [7, 11) is 4.01. The van der Waals surface area contributed by atoms with Gasteiger partial charge in [0.15, 0.2) is 0 Å². The van der Waals surface area contributed by atoms with Gasteiger partial charge in [-0.25, -0.2) is 0 Å². The Kier molecular flexibility index (Phi) is 2.58. The lowest BCUT2D eigenvalue weighted by atomic mass is 10.1. The molecule has 0 saturated heterocycles. The molecule has 0 bridgehead atoms. The van der Waals surface area contributed by atoms with Crippen molar-refractivity contribution < 1.29 is 0 Å². The molecule has 0 heterocycles. The number of benzene rings is 1. The van der Waals surface area contributed by atoms with Crippen molar-refractivity contribution in [3.05, 3.63) is 23.8 Å². The summed E-state index contributed by atoms with van der Waals surface area (Å²) in [5, 5.41) is 0. The van der Waals surface area contributed by atoms with E-state index in [0.29, 0.717) is 0 Å². The average molecular weight is 164 g/mol. The van der Waals surface area contributed by atoms with Gasteiger partial charge in [0, 0.05) is 14.1 Å². The van der Waals surface area contributed by atoms with Crippen LogP contribution < -0.4 is 10.6 Å². The standard InChI is InChI=1S/C10H16N2/c1-4-8-5-6-9(11)10(7-8)12(2)3/h5-7H,4,11H2,1-3H3. The molecule has 12 heavy (non-hydrogen) atoms. The highest BCUT2D eigenvalue weighted by atomic mass is 15.1. The van der Waals surface area contributed by atoms with Crippen LogP contribution in [0.1, 0.15) is 12.5 Å². The summed E-state index contributed by atoms with van der Waals surface area (Å²) >= 11 is 0. The van der Waals surface area contributed by atoms with Gasteiger partial charge < -0.3 is 10.6 Å². The number of hydrogen-bond donors (Lipinski definition) is 1. The maximum atomic E-state index is 5.80. The minimum atomic E-state index is 0.845. The predicted molar refractivity (Wildman–Crippen MR) is 54.6 cm³/mol. The van der Waals surface area contributed by atoms with Gasteiger partial charge in [0.25, 0.3) is 0 Å². The second-order valence-corrected chi connectivity index (χ2v) is 3.14. The van der Waals surface area contributed by atoms with Crippen molar-refractivity contribution in [2.24, 2.45) is 0 Å². The van der Waals surface area contributed by atoms with E-state index < -0.39 is 0 Å². The Hall–Kier alpha value is -1.18. The molecular formula is C10H16N2. The SMILES string of the molecule is CCc1ccc(N)c(N(C)C)c1. The van der Waals surface area contributed by atoms with Gasteiger partial charge >= 0.3 is 0 Å². The van der Waals surface area contributed by atoms with Crippen molar-refractivity contribution in [1.82, 2.24) is 0 Å². The molecular weight excluding hydrogens is 148 g/mol. The molecule has 0 aliphatic carbocycles. The van der Waals surface area contributed by atoms with Crippen LogP contribution >= 0.6 is 0 Å². The summed E-state index contributed by atoms with van der Waals surface area (Å²) in [5.41, 5.74) is 9.08. The molecule has 2 nitrogen and oxygen atoms in total. The van der Waals surface area contributed by atoms with E-state index in [2.05, 4.69) is 19.1 Å². The third-order valence-electron chi connectivity index (χ3n) is 1.98. The van der Waals surface area contributed by atoms with Crippen molar-refractivity contribution in [3.8, 4) is 0 Å². The van der Waals surface area contributed by atoms with E-state index in [0.717, 1.165) is 17.8 Å². The lowest BCUT2D eigenvalue weighted by Gasteiger charge is -2.15. The number of nitrogens with zero attached hydrogens (tertiary/aromatic N) is 1. The quantitative estimate of drug-likeness (QED) is 0.676. The van der Waals surface area contributed by atoms with Crippen molar-refractivity contribution in [2.45, 2.75) is 13.3 Å². The minimum Gasteiger partial charge on any atom is -0.397 e. The minimum absolute atomic E-state index is 0.845. The maximum absolute atomic E-state index is 5.80. The van der Waals surface area contributed by atoms with Crippen LogP contribution in [0.2, 0.25) is 0 Å². The molecule has 0 aliphatic heterocycles. The van der Waals surface area contributed by atoms with Crippen LogP contribution in [0.5, 0.6) is 0 Å². The maximum Gasteiger partial charge on any atom is 0.0597 e. The Labute approximate surface area is 74.0 Å². The number of rotatable bonds is 2. The van der Waals surface area contributed by atoms with Crippen LogP contribution in [-0.2, 0) is 6.42 Å². The molecule has 0 aromatic heterocycles. The van der Waals surface area contributed by atoms with Crippen LogP contribution in [0.25, 0.3) is 0 Å². The molecule has 1 rings (SSSR count). The lowest BCUT2D eigenvalue weighted by molar-refractivity contribution is 1.10. The first kappa shape index (κ1) is 8.91. The van der Waals surface area contributed by atoms with E-state index in [1.165, 1.54) is 5.56 Å². The Morgan fingerprint density at radius 2 is 2.00 bits per heavy atom. The first-order valence-electron chi connectivity index (χ1n) is 4.21. The van der Waals surface area contributed by atoms with Crippen LogP contribution in [0.15, 0.2) is 18.2 Å². The van der Waals surface area contributed by atoms with Crippen molar-refractivity contribution in [2.75, 3.05) is 24.7 Å². The molecule has 0 aliphatic rings. The van der Waals surface area contributed by atoms with Crippen molar-refractivity contribution >= 4 is 11.4 Å². The summed E-state index contributed by atoms with van der Waals surface area (Å²) in [6.07, 6.45) is 1.06. The summed E-state index contributed by atoms with van der Waals surface area (Å²) in [5.74, 6) is 0. The zero-order chi connectivity index (χ0) is 9.14. The van der Waals surface area contributed by atoms with Gasteiger partial charge in [0.2, 0.25) is 0 Å². The Morgan fingerprint density at radius 1 is 1.33 bits per heavy atom. The monoisotopic (exact) mass is 164 g/mol. The van der Waals surface area contributed by atoms with E-state index in [4.69, 9.17) is 5.73 Å². The summed E-state index contributed by atoms with van der Waals surface area (Å²) < 4.78 is 0. The van der Waals surface area contributed by atoms with Gasteiger partial charge in [-0.3, -0.25) is 0 Å². The molecule has 2 heteroatoms. The molecule has 0 atom stereocenters. The number of aryl methyl sites for hydroxylation is 1. The highest BCUT2D eigenvalue weighted by Crippen LogP contribution is 2.22. The predicted octanol–water partition coefficient (Wildman–Crippen LogP) is 1.90. The van der Waals surface area contributed by atoms with E-state index >= 15 is 0 Å². The first-order chi connectivity index (χ1) is 5.65. The molecule has 1 aromatic rings. The van der Waals surface area contributed by atoms with E-state index in [1.807, 2.05) is 25.1 Å². The van der Waals surface area contributed by atoms with Crippen molar-refractivity contribution in [3.63, 3.8) is 0 Å². The molecule has 0 amide bonds. The fourth-order valence-corrected chi connectivity index (χ4v) is 1.20. The summed E-state index contributed by atoms with van der Waals surface area (Å²) in [6, 6.07) is 6.17. The molecule has 0 saturated carbocycles. The fraction of sp³-hybridized carbons (Fsp3) is 0.400. The average Bonchev–Trinajstić information content (AvgIpc) is 2.05. The number of anilines is 2. The highest BCUT2D eigenvalue weighted by molar-refractivity contribution is 5.67. The van der Waals surface area contributed by atoms with E-state index in [-0.39, 0.29) is 0 Å². The second kappa shape index (κ2) is 3.48. The van der Waals surface area contributed by atoms with Gasteiger partial charge in [-0.15, -0.1) is 0 Å². The molecule has 0 spiro atoms. The Balaban J connectivity index is 3.08. The lowest BCUT2D eigenvalue weighted by Crippen LogP contribution is -2.11. The Morgan fingerprint density at radius 3 is 2.50 bits per heavy atom. The second-order valence-electron chi connectivity index (χ2n) is 3.14. The topological polar surface area (TPSA) is 29.3 Å². The number of hydrogen-bond acceptors (Lipinski definition) is 2. The van der Waals surface area contributed by atoms with Gasteiger partial charge in [-0.1, -0.05) is 13.0 Å². The summed E-state index contributed by atoms with van der Waals surface area (Å²) in [4.78, 5) is 2.04. The van der Waals surface area contributed by atoms with Gasteiger partial charge in [-0.05, 0) is 24.1 Å². The van der Waals surface area contributed by atoms with E-state index in [1.54, 1.807) is 0 Å². The first-order valence-corrected chi connectivity index (χ1v) is 4.21. The van der Waals surface area contributed by atoms with Crippen LogP contribution in [0.4, 0.5) is 11.4 Å². The smallest absolute Gasteiger partial charge is 0.0597 e. The number of nitrogens with two attached hydrogens (primary N) is 1. The molecule has 1 aromatic carbocycles. The van der Waals surface area contributed by atoms with Crippen LogP contribution in [-0.4, -0.2) is 14.1 Å². The molecule has 0 unspecified atom stereocenters. The van der Waals surface area contributed by atoms with E-state index in [9.17, 15) is 0 Å². The largest absolute Gasteiger partial charge is 0.397 e. The van der Waals surface area contributed by atoms with Crippen molar-refractivity contribution in [1.29, 1.82) is 0 Å². The molecule has 0 radical (unpaired) electrons. The number of nitrogen functional groups attached to an aromatic ring is 1. The molecule has 66 valence electrons. The zero-order valence-corrected chi connectivity index (χ0v) is 7.96. The Bertz CT molecular complexity index is 267. The highest BCUT2D eigenvalue weighted by Gasteiger charge is 2.00. The normalized spacial score (nSPS) is 9.92. The third-order valence-corrected chi connectivity index (χ3v) is 1.98.